The van der Waals surface area contributed by atoms with Crippen molar-refractivity contribution in [3.05, 3.63) is 58.7 Å². The van der Waals surface area contributed by atoms with E-state index in [1.54, 1.807) is 6.92 Å². The molecule has 0 aliphatic heterocycles. The van der Waals surface area contributed by atoms with Crippen LogP contribution in [0.25, 0.3) is 0 Å². The Hall–Kier alpha value is -2.49. The zero-order valence-electron chi connectivity index (χ0n) is 15.7. The van der Waals surface area contributed by atoms with Crippen LogP contribution >= 0.6 is 0 Å². The van der Waals surface area contributed by atoms with Gasteiger partial charge in [0, 0.05) is 0 Å². The average molecular weight is 341 g/mol. The van der Waals surface area contributed by atoms with Crippen molar-refractivity contribution in [3.8, 4) is 11.5 Å². The van der Waals surface area contributed by atoms with E-state index in [2.05, 4.69) is 25.2 Å². The van der Waals surface area contributed by atoms with Crippen LogP contribution in [-0.4, -0.2) is 25.2 Å². The van der Waals surface area contributed by atoms with Crippen LogP contribution in [0.3, 0.4) is 0 Å². The van der Waals surface area contributed by atoms with Gasteiger partial charge in [-0.3, -0.25) is 4.79 Å². The third-order valence-corrected chi connectivity index (χ3v) is 4.03. The number of rotatable bonds is 7. The third kappa shape index (κ3) is 5.82. The van der Waals surface area contributed by atoms with Gasteiger partial charge in [-0.15, -0.1) is 0 Å². The number of hydrogen-bond donors (Lipinski definition) is 1. The lowest BCUT2D eigenvalue weighted by molar-refractivity contribution is -0.127. The Morgan fingerprint density at radius 3 is 2.28 bits per heavy atom. The van der Waals surface area contributed by atoms with Crippen molar-refractivity contribution < 1.29 is 14.3 Å². The zero-order valence-corrected chi connectivity index (χ0v) is 15.7. The van der Waals surface area contributed by atoms with Crippen LogP contribution in [0.1, 0.15) is 29.2 Å². The molecular weight excluding hydrogens is 314 g/mol. The van der Waals surface area contributed by atoms with Crippen molar-refractivity contribution in [1.82, 2.24) is 5.32 Å². The van der Waals surface area contributed by atoms with E-state index in [4.69, 9.17) is 9.47 Å². The van der Waals surface area contributed by atoms with Crippen LogP contribution in [0.5, 0.6) is 11.5 Å². The zero-order chi connectivity index (χ0) is 18.4. The first-order valence-corrected chi connectivity index (χ1v) is 8.58. The second kappa shape index (κ2) is 8.56. The van der Waals surface area contributed by atoms with E-state index in [0.717, 1.165) is 16.9 Å². The lowest BCUT2D eigenvalue weighted by atomic mass is 10.1. The number of benzene rings is 2. The Labute approximate surface area is 150 Å². The minimum atomic E-state index is -0.553. The van der Waals surface area contributed by atoms with Crippen molar-refractivity contribution in [3.63, 3.8) is 0 Å². The van der Waals surface area contributed by atoms with Gasteiger partial charge in [-0.1, -0.05) is 12.1 Å². The molecule has 1 N–H and O–H groups in total. The molecule has 134 valence electrons. The van der Waals surface area contributed by atoms with Gasteiger partial charge < -0.3 is 14.8 Å². The normalized spacial score (nSPS) is 11.7. The first kappa shape index (κ1) is 18.8. The number of amides is 1. The fourth-order valence-corrected chi connectivity index (χ4v) is 2.55. The van der Waals surface area contributed by atoms with Crippen LogP contribution in [0, 0.1) is 27.7 Å². The van der Waals surface area contributed by atoms with Gasteiger partial charge in [0.25, 0.3) is 5.91 Å². The molecule has 1 amide bonds. The van der Waals surface area contributed by atoms with Gasteiger partial charge in [0.2, 0.25) is 0 Å². The van der Waals surface area contributed by atoms with Crippen LogP contribution < -0.4 is 14.8 Å². The summed E-state index contributed by atoms with van der Waals surface area (Å²) in [6.45, 7) is 10.7. The van der Waals surface area contributed by atoms with E-state index in [0.29, 0.717) is 18.9 Å². The van der Waals surface area contributed by atoms with Crippen molar-refractivity contribution in [2.24, 2.45) is 0 Å². The summed E-state index contributed by atoms with van der Waals surface area (Å²) in [5.41, 5.74) is 4.66. The quantitative estimate of drug-likeness (QED) is 0.778. The molecule has 0 aromatic heterocycles. The highest BCUT2D eigenvalue weighted by Crippen LogP contribution is 2.18. The molecule has 0 heterocycles. The second-order valence-electron chi connectivity index (χ2n) is 6.47. The van der Waals surface area contributed by atoms with Gasteiger partial charge >= 0.3 is 0 Å². The lowest BCUT2D eigenvalue weighted by Gasteiger charge is -2.16. The predicted molar refractivity (Wildman–Crippen MR) is 100 cm³/mol. The molecule has 0 radical (unpaired) electrons. The fourth-order valence-electron chi connectivity index (χ4n) is 2.55. The molecular formula is C21H27NO3. The first-order chi connectivity index (χ1) is 11.8. The van der Waals surface area contributed by atoms with Gasteiger partial charge in [-0.05, 0) is 81.1 Å². The largest absolute Gasteiger partial charge is 0.492 e. The summed E-state index contributed by atoms with van der Waals surface area (Å²) in [4.78, 5) is 12.1. The van der Waals surface area contributed by atoms with Crippen molar-refractivity contribution >= 4 is 5.91 Å². The molecule has 0 aliphatic carbocycles. The minimum absolute atomic E-state index is 0.150. The Balaban J connectivity index is 1.76. The number of ether oxygens (including phenoxy) is 2. The van der Waals surface area contributed by atoms with Gasteiger partial charge in [0.1, 0.15) is 18.1 Å². The van der Waals surface area contributed by atoms with E-state index >= 15 is 0 Å². The topological polar surface area (TPSA) is 47.6 Å². The van der Waals surface area contributed by atoms with Crippen LogP contribution in [0.15, 0.2) is 36.4 Å². The third-order valence-electron chi connectivity index (χ3n) is 4.03. The number of aryl methyl sites for hydroxylation is 4. The van der Waals surface area contributed by atoms with Crippen molar-refractivity contribution in [2.45, 2.75) is 40.7 Å². The molecule has 0 fully saturated rings. The summed E-state index contributed by atoms with van der Waals surface area (Å²) in [5, 5.41) is 2.84. The molecule has 2 aromatic rings. The van der Waals surface area contributed by atoms with E-state index in [-0.39, 0.29) is 5.91 Å². The molecule has 0 unspecified atom stereocenters. The van der Waals surface area contributed by atoms with Gasteiger partial charge in [-0.2, -0.15) is 0 Å². The van der Waals surface area contributed by atoms with Crippen molar-refractivity contribution in [1.29, 1.82) is 0 Å². The average Bonchev–Trinajstić information content (AvgIpc) is 2.53. The molecule has 2 aromatic carbocycles. The Kier molecular flexibility index (Phi) is 6.45. The maximum Gasteiger partial charge on any atom is 0.260 e. The van der Waals surface area contributed by atoms with Gasteiger partial charge in [0.15, 0.2) is 6.10 Å². The van der Waals surface area contributed by atoms with Crippen LogP contribution in [0.2, 0.25) is 0 Å². The number of hydrogen-bond acceptors (Lipinski definition) is 3. The highest BCUT2D eigenvalue weighted by atomic mass is 16.5. The van der Waals surface area contributed by atoms with Crippen LogP contribution in [0.4, 0.5) is 0 Å². The molecule has 1 atom stereocenters. The summed E-state index contributed by atoms with van der Waals surface area (Å²) >= 11 is 0. The van der Waals surface area contributed by atoms with Crippen molar-refractivity contribution in [2.75, 3.05) is 13.2 Å². The minimum Gasteiger partial charge on any atom is -0.492 e. The molecule has 0 aliphatic rings. The Morgan fingerprint density at radius 1 is 0.960 bits per heavy atom. The number of nitrogens with one attached hydrogen (secondary N) is 1. The van der Waals surface area contributed by atoms with E-state index in [1.807, 2.05) is 44.2 Å². The monoisotopic (exact) mass is 341 g/mol. The summed E-state index contributed by atoms with van der Waals surface area (Å²) in [6.07, 6.45) is -0.553. The standard InChI is InChI=1S/C21H27NO3/c1-14-10-15(2)12-20(11-14)25-18(5)21(23)22-8-9-24-19-7-6-16(3)17(4)13-19/h6-7,10-13,18H,8-9H2,1-5H3,(H,22,23)/t18-/m0/s1. The highest BCUT2D eigenvalue weighted by Gasteiger charge is 2.14. The van der Waals surface area contributed by atoms with E-state index < -0.39 is 6.10 Å². The fraction of sp³-hybridized carbons (Fsp3) is 0.381. The number of carbonyl (C=O) groups is 1. The van der Waals surface area contributed by atoms with E-state index in [1.165, 1.54) is 11.1 Å². The lowest BCUT2D eigenvalue weighted by Crippen LogP contribution is -2.38. The summed E-state index contributed by atoms with van der Waals surface area (Å²) in [6, 6.07) is 11.9. The maximum absolute atomic E-state index is 12.1. The second-order valence-corrected chi connectivity index (χ2v) is 6.47. The highest BCUT2D eigenvalue weighted by molar-refractivity contribution is 5.80. The molecule has 0 saturated carbocycles. The van der Waals surface area contributed by atoms with Crippen LogP contribution in [-0.2, 0) is 4.79 Å². The summed E-state index contributed by atoms with van der Waals surface area (Å²) in [7, 11) is 0. The molecule has 0 saturated heterocycles. The SMILES string of the molecule is Cc1cc(C)cc(O[C@@H](C)C(=O)NCCOc2ccc(C)c(C)c2)c1. The summed E-state index contributed by atoms with van der Waals surface area (Å²) in [5.74, 6) is 1.38. The predicted octanol–water partition coefficient (Wildman–Crippen LogP) is 3.88. The molecule has 4 heteroatoms. The molecule has 0 bridgehead atoms. The smallest absolute Gasteiger partial charge is 0.260 e. The Bertz CT molecular complexity index is 720. The molecule has 0 spiro atoms. The molecule has 2 rings (SSSR count). The maximum atomic E-state index is 12.1. The molecule has 4 nitrogen and oxygen atoms in total. The molecule has 25 heavy (non-hydrogen) atoms. The first-order valence-electron chi connectivity index (χ1n) is 8.58. The van der Waals surface area contributed by atoms with Gasteiger partial charge in [-0.25, -0.2) is 0 Å². The van der Waals surface area contributed by atoms with E-state index in [9.17, 15) is 4.79 Å². The Morgan fingerprint density at radius 2 is 1.64 bits per heavy atom. The summed E-state index contributed by atoms with van der Waals surface area (Å²) < 4.78 is 11.4. The number of carbonyl (C=O) groups excluding carboxylic acids is 1. The van der Waals surface area contributed by atoms with Gasteiger partial charge in [0.05, 0.1) is 6.54 Å².